The van der Waals surface area contributed by atoms with Crippen LogP contribution in [0.4, 0.5) is 11.4 Å². The average molecular weight is 286 g/mol. The fourth-order valence-corrected chi connectivity index (χ4v) is 1.84. The number of carbonyl (C=O) groups excluding carboxylic acids is 1. The average Bonchev–Trinajstić information content (AvgIpc) is 2.45. The van der Waals surface area contributed by atoms with Gasteiger partial charge in [-0.05, 0) is 36.4 Å². The third-order valence-electron chi connectivity index (χ3n) is 2.55. The van der Waals surface area contributed by atoms with Crippen LogP contribution in [0.2, 0.25) is 5.02 Å². The molecule has 0 aliphatic heterocycles. The van der Waals surface area contributed by atoms with Gasteiger partial charge in [-0.15, -0.1) is 0 Å². The lowest BCUT2D eigenvalue weighted by Gasteiger charge is -2.08. The Balaban J connectivity index is 1.90. The zero-order valence-corrected chi connectivity index (χ0v) is 11.3. The standard InChI is InChI=1S/C15H12ClN3O/c16-12-4-2-6-14(8-12)19-15(20)10-18-13-5-1-3-11(7-13)9-17/h1-8,18H,10H2,(H,19,20). The molecule has 0 radical (unpaired) electrons. The number of nitrogens with one attached hydrogen (secondary N) is 2. The quantitative estimate of drug-likeness (QED) is 0.906. The Hall–Kier alpha value is -2.51. The molecule has 0 fully saturated rings. The summed E-state index contributed by atoms with van der Waals surface area (Å²) in [7, 11) is 0. The zero-order chi connectivity index (χ0) is 14.4. The van der Waals surface area contributed by atoms with E-state index in [0.717, 1.165) is 5.69 Å². The van der Waals surface area contributed by atoms with E-state index in [-0.39, 0.29) is 12.5 Å². The van der Waals surface area contributed by atoms with Crippen LogP contribution in [0.25, 0.3) is 0 Å². The first-order valence-corrected chi connectivity index (χ1v) is 6.34. The second kappa shape index (κ2) is 6.60. The summed E-state index contributed by atoms with van der Waals surface area (Å²) in [4.78, 5) is 11.8. The normalized spacial score (nSPS) is 9.60. The summed E-state index contributed by atoms with van der Waals surface area (Å²) < 4.78 is 0. The molecular formula is C15H12ClN3O. The predicted molar refractivity (Wildman–Crippen MR) is 79.7 cm³/mol. The Morgan fingerprint density at radius 3 is 2.65 bits per heavy atom. The summed E-state index contributed by atoms with van der Waals surface area (Å²) in [5.41, 5.74) is 1.92. The van der Waals surface area contributed by atoms with Gasteiger partial charge in [-0.25, -0.2) is 0 Å². The fourth-order valence-electron chi connectivity index (χ4n) is 1.65. The third kappa shape index (κ3) is 4.01. The van der Waals surface area contributed by atoms with Gasteiger partial charge >= 0.3 is 0 Å². The van der Waals surface area contributed by atoms with Gasteiger partial charge in [0.2, 0.25) is 5.91 Å². The second-order valence-corrected chi connectivity index (χ2v) is 4.54. The van der Waals surface area contributed by atoms with Crippen molar-refractivity contribution in [2.24, 2.45) is 0 Å². The van der Waals surface area contributed by atoms with Gasteiger partial charge in [-0.2, -0.15) is 5.26 Å². The maximum atomic E-state index is 11.8. The lowest BCUT2D eigenvalue weighted by atomic mass is 10.2. The van der Waals surface area contributed by atoms with Crippen molar-refractivity contribution in [3.63, 3.8) is 0 Å². The SMILES string of the molecule is N#Cc1cccc(NCC(=O)Nc2cccc(Cl)c2)c1. The first-order chi connectivity index (χ1) is 9.67. The van der Waals surface area contributed by atoms with Gasteiger partial charge in [0.25, 0.3) is 0 Å². The highest BCUT2D eigenvalue weighted by Crippen LogP contribution is 2.15. The van der Waals surface area contributed by atoms with E-state index >= 15 is 0 Å². The molecule has 2 aromatic rings. The molecule has 0 aliphatic carbocycles. The van der Waals surface area contributed by atoms with Crippen LogP contribution >= 0.6 is 11.6 Å². The van der Waals surface area contributed by atoms with Crippen LogP contribution in [-0.4, -0.2) is 12.5 Å². The monoisotopic (exact) mass is 285 g/mol. The molecule has 0 heterocycles. The van der Waals surface area contributed by atoms with Crippen molar-refractivity contribution in [2.75, 3.05) is 17.2 Å². The van der Waals surface area contributed by atoms with Crippen LogP contribution in [0, 0.1) is 11.3 Å². The number of amides is 1. The van der Waals surface area contributed by atoms with Crippen LogP contribution in [-0.2, 0) is 4.79 Å². The van der Waals surface area contributed by atoms with E-state index in [2.05, 4.69) is 10.6 Å². The van der Waals surface area contributed by atoms with Gasteiger partial charge in [0.1, 0.15) is 0 Å². The highest BCUT2D eigenvalue weighted by Gasteiger charge is 2.03. The van der Waals surface area contributed by atoms with E-state index in [4.69, 9.17) is 16.9 Å². The van der Waals surface area contributed by atoms with Crippen molar-refractivity contribution in [3.05, 3.63) is 59.1 Å². The number of anilines is 2. The van der Waals surface area contributed by atoms with Gasteiger partial charge < -0.3 is 10.6 Å². The van der Waals surface area contributed by atoms with E-state index in [1.54, 1.807) is 48.5 Å². The Morgan fingerprint density at radius 1 is 1.15 bits per heavy atom. The molecule has 0 aromatic heterocycles. The van der Waals surface area contributed by atoms with Gasteiger partial charge in [-0.3, -0.25) is 4.79 Å². The molecule has 4 nitrogen and oxygen atoms in total. The number of nitrogens with zero attached hydrogens (tertiary/aromatic N) is 1. The minimum atomic E-state index is -0.186. The molecule has 0 bridgehead atoms. The van der Waals surface area contributed by atoms with Crippen molar-refractivity contribution in [1.29, 1.82) is 5.26 Å². The van der Waals surface area contributed by atoms with Crippen LogP contribution in [0.3, 0.4) is 0 Å². The summed E-state index contributed by atoms with van der Waals surface area (Å²) in [5.74, 6) is -0.186. The molecule has 5 heteroatoms. The summed E-state index contributed by atoms with van der Waals surface area (Å²) in [6.45, 7) is 0.112. The van der Waals surface area contributed by atoms with Gasteiger partial charge in [0.15, 0.2) is 0 Å². The number of halogens is 1. The Kier molecular flexibility index (Phi) is 4.59. The lowest BCUT2D eigenvalue weighted by molar-refractivity contribution is -0.114. The minimum Gasteiger partial charge on any atom is -0.376 e. The van der Waals surface area contributed by atoms with E-state index in [9.17, 15) is 4.79 Å². The van der Waals surface area contributed by atoms with E-state index in [1.807, 2.05) is 6.07 Å². The van der Waals surface area contributed by atoms with Gasteiger partial charge in [0.05, 0.1) is 18.2 Å². The molecule has 0 atom stereocenters. The van der Waals surface area contributed by atoms with Gasteiger partial charge in [-0.1, -0.05) is 23.7 Å². The van der Waals surface area contributed by atoms with Crippen LogP contribution < -0.4 is 10.6 Å². The van der Waals surface area contributed by atoms with Crippen molar-refractivity contribution in [1.82, 2.24) is 0 Å². The van der Waals surface area contributed by atoms with Crippen LogP contribution in [0.5, 0.6) is 0 Å². The van der Waals surface area contributed by atoms with Crippen molar-refractivity contribution >= 4 is 28.9 Å². The third-order valence-corrected chi connectivity index (χ3v) is 2.79. The Bertz CT molecular complexity index is 664. The maximum absolute atomic E-state index is 11.8. The molecule has 1 amide bonds. The van der Waals surface area contributed by atoms with E-state index in [0.29, 0.717) is 16.3 Å². The number of hydrogen-bond acceptors (Lipinski definition) is 3. The lowest BCUT2D eigenvalue weighted by Crippen LogP contribution is -2.21. The van der Waals surface area contributed by atoms with Gasteiger partial charge in [0, 0.05) is 16.4 Å². The summed E-state index contributed by atoms with van der Waals surface area (Å²) in [6, 6.07) is 15.9. The number of benzene rings is 2. The fraction of sp³-hybridized carbons (Fsp3) is 0.0667. The molecule has 0 saturated heterocycles. The molecule has 0 unspecified atom stereocenters. The molecule has 2 rings (SSSR count). The highest BCUT2D eigenvalue weighted by atomic mass is 35.5. The van der Waals surface area contributed by atoms with Crippen LogP contribution in [0.1, 0.15) is 5.56 Å². The molecule has 0 aliphatic rings. The Labute approximate surface area is 122 Å². The molecule has 2 aromatic carbocycles. The summed E-state index contributed by atoms with van der Waals surface area (Å²) in [6.07, 6.45) is 0. The van der Waals surface area contributed by atoms with E-state index < -0.39 is 0 Å². The molecule has 20 heavy (non-hydrogen) atoms. The smallest absolute Gasteiger partial charge is 0.243 e. The Morgan fingerprint density at radius 2 is 1.90 bits per heavy atom. The maximum Gasteiger partial charge on any atom is 0.243 e. The number of rotatable bonds is 4. The minimum absolute atomic E-state index is 0.112. The molecule has 100 valence electrons. The number of nitriles is 1. The molecule has 0 spiro atoms. The summed E-state index contributed by atoms with van der Waals surface area (Å²) in [5, 5.41) is 15.0. The highest BCUT2D eigenvalue weighted by molar-refractivity contribution is 6.30. The van der Waals surface area contributed by atoms with Crippen molar-refractivity contribution < 1.29 is 4.79 Å². The van der Waals surface area contributed by atoms with Crippen molar-refractivity contribution in [3.8, 4) is 6.07 Å². The number of carbonyl (C=O) groups is 1. The molecule has 2 N–H and O–H groups in total. The van der Waals surface area contributed by atoms with E-state index in [1.165, 1.54) is 0 Å². The van der Waals surface area contributed by atoms with Crippen molar-refractivity contribution in [2.45, 2.75) is 0 Å². The topological polar surface area (TPSA) is 64.9 Å². The molecule has 0 saturated carbocycles. The largest absolute Gasteiger partial charge is 0.376 e. The first kappa shape index (κ1) is 13.9. The molecular weight excluding hydrogens is 274 g/mol. The number of hydrogen-bond donors (Lipinski definition) is 2. The van der Waals surface area contributed by atoms with Crippen LogP contribution in [0.15, 0.2) is 48.5 Å². The first-order valence-electron chi connectivity index (χ1n) is 5.97. The zero-order valence-electron chi connectivity index (χ0n) is 10.6. The predicted octanol–water partition coefficient (Wildman–Crippen LogP) is 3.26. The second-order valence-electron chi connectivity index (χ2n) is 4.10. The summed E-state index contributed by atoms with van der Waals surface area (Å²) >= 11 is 5.84.